The highest BCUT2D eigenvalue weighted by Gasteiger charge is 2.27. The van der Waals surface area contributed by atoms with E-state index in [0.717, 1.165) is 56.9 Å². The second kappa shape index (κ2) is 8.71. The second-order valence-electron chi connectivity index (χ2n) is 6.44. The molecule has 0 heterocycles. The summed E-state index contributed by atoms with van der Waals surface area (Å²) in [6.45, 7) is 0.0537. The van der Waals surface area contributed by atoms with E-state index in [2.05, 4.69) is 5.32 Å². The zero-order valence-electron chi connectivity index (χ0n) is 14.3. The lowest BCUT2D eigenvalue weighted by molar-refractivity contribution is -0.116. The molecule has 1 amide bonds. The summed E-state index contributed by atoms with van der Waals surface area (Å²) in [6.07, 6.45) is 6.79. The van der Waals surface area contributed by atoms with Gasteiger partial charge in [-0.3, -0.25) is 4.79 Å². The van der Waals surface area contributed by atoms with Crippen LogP contribution in [0.4, 0.5) is 14.5 Å². The van der Waals surface area contributed by atoms with Gasteiger partial charge in [0.2, 0.25) is 15.9 Å². The lowest BCUT2D eigenvalue weighted by Crippen LogP contribution is -2.41. The van der Waals surface area contributed by atoms with Gasteiger partial charge < -0.3 is 5.32 Å². The number of hydrogen-bond acceptors (Lipinski definition) is 3. The van der Waals surface area contributed by atoms with Crippen molar-refractivity contribution >= 4 is 21.6 Å². The minimum atomic E-state index is -3.43. The molecular formula is C17H24F2N2O3S. The smallest absolute Gasteiger partial charge is 0.225 e. The van der Waals surface area contributed by atoms with Gasteiger partial charge in [0.1, 0.15) is 11.6 Å². The van der Waals surface area contributed by atoms with Crippen LogP contribution in [0.15, 0.2) is 18.2 Å². The van der Waals surface area contributed by atoms with Crippen LogP contribution in [0.25, 0.3) is 0 Å². The lowest BCUT2D eigenvalue weighted by Gasteiger charge is -2.28. The van der Waals surface area contributed by atoms with E-state index in [4.69, 9.17) is 0 Å². The summed E-state index contributed by atoms with van der Waals surface area (Å²) in [4.78, 5) is 12.0. The molecule has 1 aliphatic rings. The normalized spacial score (nSPS) is 16.6. The van der Waals surface area contributed by atoms with Gasteiger partial charge in [-0.25, -0.2) is 17.2 Å². The van der Waals surface area contributed by atoms with Crippen LogP contribution >= 0.6 is 0 Å². The first-order chi connectivity index (χ1) is 11.8. The zero-order valence-corrected chi connectivity index (χ0v) is 15.1. The zero-order chi connectivity index (χ0) is 18.4. The number of amides is 1. The molecule has 0 aromatic heterocycles. The van der Waals surface area contributed by atoms with Crippen LogP contribution in [0, 0.1) is 11.6 Å². The Morgan fingerprint density at radius 1 is 1.20 bits per heavy atom. The number of benzene rings is 1. The van der Waals surface area contributed by atoms with Crippen LogP contribution in [0.2, 0.25) is 0 Å². The third-order valence-corrected chi connectivity index (χ3v) is 5.76. The Labute approximate surface area is 147 Å². The summed E-state index contributed by atoms with van der Waals surface area (Å²) in [6, 6.07) is 2.78. The molecule has 0 aliphatic heterocycles. The van der Waals surface area contributed by atoms with Gasteiger partial charge in [0.25, 0.3) is 0 Å². The third kappa shape index (κ3) is 6.04. The topological polar surface area (TPSA) is 66.5 Å². The molecule has 1 fully saturated rings. The number of carbonyl (C=O) groups excluding carboxylic acids is 1. The molecule has 0 atom stereocenters. The monoisotopic (exact) mass is 374 g/mol. The molecular weight excluding hydrogens is 350 g/mol. The van der Waals surface area contributed by atoms with Crippen LogP contribution in [0.5, 0.6) is 0 Å². The van der Waals surface area contributed by atoms with E-state index < -0.39 is 27.6 Å². The Hall–Kier alpha value is -1.54. The lowest BCUT2D eigenvalue weighted by atomic mass is 10.1. The van der Waals surface area contributed by atoms with Crippen LogP contribution in [-0.2, 0) is 14.8 Å². The Balaban J connectivity index is 1.98. The minimum absolute atomic E-state index is 0.0537. The number of nitrogens with zero attached hydrogens (tertiary/aromatic N) is 1. The first-order valence-corrected chi connectivity index (χ1v) is 10.3. The van der Waals surface area contributed by atoms with Gasteiger partial charge >= 0.3 is 0 Å². The number of halogens is 2. The summed E-state index contributed by atoms with van der Waals surface area (Å²) >= 11 is 0. The summed E-state index contributed by atoms with van der Waals surface area (Å²) in [5.74, 6) is -2.10. The molecule has 8 heteroatoms. The van der Waals surface area contributed by atoms with Gasteiger partial charge in [0.05, 0.1) is 11.9 Å². The van der Waals surface area contributed by atoms with Crippen molar-refractivity contribution in [2.75, 3.05) is 18.1 Å². The maximum atomic E-state index is 13.6. The van der Waals surface area contributed by atoms with E-state index in [0.29, 0.717) is 6.07 Å². The molecule has 1 aromatic carbocycles. The molecule has 5 nitrogen and oxygen atoms in total. The molecule has 1 saturated carbocycles. The second-order valence-corrected chi connectivity index (χ2v) is 8.38. The number of nitrogens with one attached hydrogen (secondary N) is 1. The molecule has 0 bridgehead atoms. The Morgan fingerprint density at radius 3 is 2.40 bits per heavy atom. The van der Waals surface area contributed by atoms with Gasteiger partial charge in [-0.05, 0) is 25.0 Å². The fraction of sp³-hybridized carbons (Fsp3) is 0.588. The molecule has 140 valence electrons. The summed E-state index contributed by atoms with van der Waals surface area (Å²) in [5.41, 5.74) is -0.119. The number of anilines is 1. The molecule has 0 spiro atoms. The number of carbonyl (C=O) groups is 1. The maximum Gasteiger partial charge on any atom is 0.225 e. The van der Waals surface area contributed by atoms with Crippen LogP contribution in [0.3, 0.4) is 0 Å². The number of sulfonamides is 1. The van der Waals surface area contributed by atoms with Gasteiger partial charge in [0, 0.05) is 25.1 Å². The predicted octanol–water partition coefficient (Wildman–Crippen LogP) is 3.28. The molecule has 2 rings (SSSR count). The highest BCUT2D eigenvalue weighted by Crippen LogP contribution is 2.24. The minimum Gasteiger partial charge on any atom is -0.324 e. The van der Waals surface area contributed by atoms with E-state index in [1.165, 1.54) is 4.31 Å². The summed E-state index contributed by atoms with van der Waals surface area (Å²) in [5, 5.41) is 2.36. The van der Waals surface area contributed by atoms with Gasteiger partial charge in [0.15, 0.2) is 0 Å². The van der Waals surface area contributed by atoms with Crippen LogP contribution in [0.1, 0.15) is 44.9 Å². The molecule has 0 saturated heterocycles. The predicted molar refractivity (Wildman–Crippen MR) is 92.6 cm³/mol. The Morgan fingerprint density at radius 2 is 1.84 bits per heavy atom. The highest BCUT2D eigenvalue weighted by molar-refractivity contribution is 7.88. The van der Waals surface area contributed by atoms with Crippen molar-refractivity contribution in [3.63, 3.8) is 0 Å². The molecule has 1 aliphatic carbocycles. The van der Waals surface area contributed by atoms with Crippen LogP contribution < -0.4 is 5.32 Å². The Bertz CT molecular complexity index is 702. The first-order valence-electron chi connectivity index (χ1n) is 8.49. The van der Waals surface area contributed by atoms with E-state index >= 15 is 0 Å². The third-order valence-electron chi connectivity index (χ3n) is 4.42. The fourth-order valence-electron chi connectivity index (χ4n) is 3.18. The van der Waals surface area contributed by atoms with Gasteiger partial charge in [-0.2, -0.15) is 4.31 Å². The van der Waals surface area contributed by atoms with E-state index in [1.54, 1.807) is 0 Å². The first kappa shape index (κ1) is 19.8. The van der Waals surface area contributed by atoms with Crippen molar-refractivity contribution in [2.45, 2.75) is 51.0 Å². The largest absolute Gasteiger partial charge is 0.324 e. The highest BCUT2D eigenvalue weighted by atomic mass is 32.2. The number of hydrogen-bond donors (Lipinski definition) is 1. The SMILES string of the molecule is CS(=O)(=O)N(CCC(=O)Nc1ccc(F)cc1F)C1CCCCCC1. The molecule has 0 radical (unpaired) electrons. The Kier molecular flexibility index (Phi) is 6.89. The van der Waals surface area contributed by atoms with Crippen LogP contribution in [-0.4, -0.2) is 37.5 Å². The maximum absolute atomic E-state index is 13.6. The van der Waals surface area contributed by atoms with Crippen molar-refractivity contribution < 1.29 is 22.0 Å². The molecule has 1 N–H and O–H groups in total. The average Bonchev–Trinajstić information content (AvgIpc) is 2.78. The van der Waals surface area contributed by atoms with E-state index in [9.17, 15) is 22.0 Å². The van der Waals surface area contributed by atoms with Gasteiger partial charge in [-0.15, -0.1) is 0 Å². The van der Waals surface area contributed by atoms with Crippen molar-refractivity contribution in [1.29, 1.82) is 0 Å². The van der Waals surface area contributed by atoms with Crippen molar-refractivity contribution in [3.05, 3.63) is 29.8 Å². The summed E-state index contributed by atoms with van der Waals surface area (Å²) in [7, 11) is -3.43. The number of rotatable bonds is 6. The fourth-order valence-corrected chi connectivity index (χ4v) is 4.36. The van der Waals surface area contributed by atoms with Gasteiger partial charge in [-0.1, -0.05) is 25.7 Å². The van der Waals surface area contributed by atoms with E-state index in [-0.39, 0.29) is 24.7 Å². The van der Waals surface area contributed by atoms with E-state index in [1.807, 2.05) is 0 Å². The molecule has 1 aromatic rings. The molecule has 25 heavy (non-hydrogen) atoms. The van der Waals surface area contributed by atoms with Crippen molar-refractivity contribution in [1.82, 2.24) is 4.31 Å². The quantitative estimate of drug-likeness (QED) is 0.777. The molecule has 0 unspecified atom stereocenters. The van der Waals surface area contributed by atoms with Crippen molar-refractivity contribution in [2.24, 2.45) is 0 Å². The standard InChI is InChI=1S/C17H24F2N2O3S/c1-25(23,24)21(14-6-4-2-3-5-7-14)11-10-17(22)20-16-9-8-13(18)12-15(16)19/h8-9,12,14H,2-7,10-11H2,1H3,(H,20,22). The van der Waals surface area contributed by atoms with Crippen molar-refractivity contribution in [3.8, 4) is 0 Å². The average molecular weight is 374 g/mol. The summed E-state index contributed by atoms with van der Waals surface area (Å²) < 4.78 is 52.0.